The quantitative estimate of drug-likeness (QED) is 0.657. The van der Waals surface area contributed by atoms with Gasteiger partial charge in [-0.25, -0.2) is 0 Å². The van der Waals surface area contributed by atoms with Gasteiger partial charge in [-0.1, -0.05) is 30.3 Å². The van der Waals surface area contributed by atoms with E-state index < -0.39 is 4.92 Å². The van der Waals surface area contributed by atoms with Gasteiger partial charge in [-0.05, 0) is 31.3 Å². The van der Waals surface area contributed by atoms with Crippen molar-refractivity contribution in [3.63, 3.8) is 0 Å². The van der Waals surface area contributed by atoms with Crippen LogP contribution in [0.25, 0.3) is 0 Å². The number of nitrogens with zero attached hydrogens (tertiary/aromatic N) is 2. The summed E-state index contributed by atoms with van der Waals surface area (Å²) in [6.07, 6.45) is 0. The van der Waals surface area contributed by atoms with Gasteiger partial charge >= 0.3 is 0 Å². The van der Waals surface area contributed by atoms with Crippen LogP contribution in [0.1, 0.15) is 21.5 Å². The van der Waals surface area contributed by atoms with Crippen LogP contribution in [-0.4, -0.2) is 29.8 Å². The number of hydrogen-bond donors (Lipinski definition) is 1. The number of nitrogens with one attached hydrogen (secondary N) is 1. The van der Waals surface area contributed by atoms with E-state index in [1.807, 2.05) is 38.4 Å². The molecule has 0 unspecified atom stereocenters. The molecule has 120 valence electrons. The van der Waals surface area contributed by atoms with Gasteiger partial charge in [-0.15, -0.1) is 0 Å². The van der Waals surface area contributed by atoms with Crippen molar-refractivity contribution in [2.45, 2.75) is 13.1 Å². The lowest BCUT2D eigenvalue weighted by Gasteiger charge is -2.10. The molecule has 0 aliphatic heterocycles. The average Bonchev–Trinajstić information content (AvgIpc) is 2.53. The molecule has 0 saturated heterocycles. The zero-order chi connectivity index (χ0) is 16.8. The Bertz CT molecular complexity index is 696. The third kappa shape index (κ3) is 4.89. The van der Waals surface area contributed by atoms with Crippen LogP contribution >= 0.6 is 0 Å². The normalized spacial score (nSPS) is 10.6. The first-order valence-electron chi connectivity index (χ1n) is 7.21. The molecule has 0 radical (unpaired) electrons. The third-order valence-electron chi connectivity index (χ3n) is 3.29. The number of nitro benzene ring substituents is 1. The lowest BCUT2D eigenvalue weighted by Crippen LogP contribution is -2.22. The van der Waals surface area contributed by atoms with Crippen LogP contribution in [0.4, 0.5) is 5.69 Å². The monoisotopic (exact) mass is 313 g/mol. The fourth-order valence-electron chi connectivity index (χ4n) is 2.17. The maximum absolute atomic E-state index is 12.1. The van der Waals surface area contributed by atoms with Gasteiger partial charge in [0, 0.05) is 30.8 Å². The number of nitro groups is 1. The van der Waals surface area contributed by atoms with Crippen LogP contribution in [0.3, 0.4) is 0 Å². The van der Waals surface area contributed by atoms with Crippen molar-refractivity contribution in [1.29, 1.82) is 0 Å². The molecule has 6 heteroatoms. The largest absolute Gasteiger partial charge is 0.348 e. The van der Waals surface area contributed by atoms with Gasteiger partial charge in [0.15, 0.2) is 0 Å². The summed E-state index contributed by atoms with van der Waals surface area (Å²) in [5.41, 5.74) is 2.36. The number of carbonyl (C=O) groups excluding carboxylic acids is 1. The third-order valence-corrected chi connectivity index (χ3v) is 3.29. The van der Waals surface area contributed by atoms with E-state index >= 15 is 0 Å². The molecule has 0 aliphatic carbocycles. The number of amides is 1. The first-order valence-corrected chi connectivity index (χ1v) is 7.21. The highest BCUT2D eigenvalue weighted by Crippen LogP contribution is 2.13. The van der Waals surface area contributed by atoms with Crippen molar-refractivity contribution >= 4 is 11.6 Å². The van der Waals surface area contributed by atoms with Crippen molar-refractivity contribution < 1.29 is 9.72 Å². The summed E-state index contributed by atoms with van der Waals surface area (Å²) in [5.74, 6) is -0.328. The summed E-state index contributed by atoms with van der Waals surface area (Å²) >= 11 is 0. The average molecular weight is 313 g/mol. The summed E-state index contributed by atoms with van der Waals surface area (Å²) < 4.78 is 0. The number of carbonyl (C=O) groups is 1. The molecular weight excluding hydrogens is 294 g/mol. The van der Waals surface area contributed by atoms with Crippen LogP contribution in [0.5, 0.6) is 0 Å². The minimum atomic E-state index is -0.514. The number of benzene rings is 2. The molecule has 1 amide bonds. The molecule has 23 heavy (non-hydrogen) atoms. The standard InChI is InChI=1S/C17H19N3O3/c1-19(2)12-14-8-6-13(7-9-14)11-18-17(21)15-4-3-5-16(10-15)20(22)23/h3-10H,11-12H2,1-2H3,(H,18,21). The summed E-state index contributed by atoms with van der Waals surface area (Å²) in [5, 5.41) is 13.5. The van der Waals surface area contributed by atoms with Gasteiger partial charge in [-0.3, -0.25) is 14.9 Å². The van der Waals surface area contributed by atoms with Gasteiger partial charge in [0.2, 0.25) is 0 Å². The predicted octanol–water partition coefficient (Wildman–Crippen LogP) is 2.59. The van der Waals surface area contributed by atoms with E-state index in [2.05, 4.69) is 10.2 Å². The Morgan fingerprint density at radius 1 is 1.13 bits per heavy atom. The van der Waals surface area contributed by atoms with Crippen molar-refractivity contribution in [3.05, 3.63) is 75.3 Å². The molecular formula is C17H19N3O3. The highest BCUT2D eigenvalue weighted by atomic mass is 16.6. The number of non-ortho nitro benzene ring substituents is 1. The molecule has 0 heterocycles. The van der Waals surface area contributed by atoms with Crippen LogP contribution in [0, 0.1) is 10.1 Å². The van der Waals surface area contributed by atoms with Crippen molar-refractivity contribution in [1.82, 2.24) is 10.2 Å². The Morgan fingerprint density at radius 3 is 2.39 bits per heavy atom. The molecule has 0 aliphatic rings. The summed E-state index contributed by atoms with van der Waals surface area (Å²) in [6, 6.07) is 13.7. The minimum Gasteiger partial charge on any atom is -0.348 e. The lowest BCUT2D eigenvalue weighted by molar-refractivity contribution is -0.384. The smallest absolute Gasteiger partial charge is 0.270 e. The predicted molar refractivity (Wildman–Crippen MR) is 88.1 cm³/mol. The molecule has 0 aromatic heterocycles. The SMILES string of the molecule is CN(C)Cc1ccc(CNC(=O)c2cccc([N+](=O)[O-])c2)cc1. The maximum atomic E-state index is 12.1. The molecule has 0 saturated carbocycles. The molecule has 0 bridgehead atoms. The molecule has 0 spiro atoms. The van der Waals surface area contributed by atoms with Gasteiger partial charge in [0.1, 0.15) is 0 Å². The van der Waals surface area contributed by atoms with Crippen LogP contribution in [0.2, 0.25) is 0 Å². The van der Waals surface area contributed by atoms with E-state index in [1.165, 1.54) is 23.8 Å². The second-order valence-electron chi connectivity index (χ2n) is 5.54. The Morgan fingerprint density at radius 2 is 1.78 bits per heavy atom. The van der Waals surface area contributed by atoms with Crippen molar-refractivity contribution in [2.24, 2.45) is 0 Å². The van der Waals surface area contributed by atoms with E-state index in [-0.39, 0.29) is 17.2 Å². The van der Waals surface area contributed by atoms with E-state index in [9.17, 15) is 14.9 Å². The van der Waals surface area contributed by atoms with E-state index in [4.69, 9.17) is 0 Å². The molecule has 0 atom stereocenters. The second kappa shape index (κ2) is 7.51. The molecule has 2 aromatic rings. The summed E-state index contributed by atoms with van der Waals surface area (Å²) in [7, 11) is 4.01. The maximum Gasteiger partial charge on any atom is 0.270 e. The summed E-state index contributed by atoms with van der Waals surface area (Å²) in [4.78, 5) is 24.4. The molecule has 0 fully saturated rings. The fourth-order valence-corrected chi connectivity index (χ4v) is 2.17. The number of rotatable bonds is 6. The fraction of sp³-hybridized carbons (Fsp3) is 0.235. The molecule has 2 aromatic carbocycles. The van der Waals surface area contributed by atoms with Gasteiger partial charge in [0.25, 0.3) is 11.6 Å². The molecule has 2 rings (SSSR count). The first-order chi connectivity index (χ1) is 11.0. The van der Waals surface area contributed by atoms with Crippen LogP contribution in [-0.2, 0) is 13.1 Å². The topological polar surface area (TPSA) is 75.5 Å². The highest BCUT2D eigenvalue weighted by molar-refractivity contribution is 5.94. The van der Waals surface area contributed by atoms with Crippen LogP contribution < -0.4 is 5.32 Å². The molecule has 1 N–H and O–H groups in total. The van der Waals surface area contributed by atoms with Crippen molar-refractivity contribution in [2.75, 3.05) is 14.1 Å². The summed E-state index contributed by atoms with van der Waals surface area (Å²) in [6.45, 7) is 1.24. The lowest BCUT2D eigenvalue weighted by atomic mass is 10.1. The minimum absolute atomic E-state index is 0.0920. The number of hydrogen-bond acceptors (Lipinski definition) is 4. The Hall–Kier alpha value is -2.73. The van der Waals surface area contributed by atoms with Gasteiger partial charge < -0.3 is 10.2 Å². The van der Waals surface area contributed by atoms with Crippen molar-refractivity contribution in [3.8, 4) is 0 Å². The van der Waals surface area contributed by atoms with E-state index in [1.54, 1.807) is 6.07 Å². The Balaban J connectivity index is 1.96. The second-order valence-corrected chi connectivity index (χ2v) is 5.54. The van der Waals surface area contributed by atoms with E-state index in [0.717, 1.165) is 12.1 Å². The first kappa shape index (κ1) is 16.6. The zero-order valence-corrected chi connectivity index (χ0v) is 13.2. The van der Waals surface area contributed by atoms with E-state index in [0.29, 0.717) is 6.54 Å². The zero-order valence-electron chi connectivity index (χ0n) is 13.2. The molecule has 6 nitrogen and oxygen atoms in total. The van der Waals surface area contributed by atoms with Gasteiger partial charge in [-0.2, -0.15) is 0 Å². The Kier molecular flexibility index (Phi) is 5.43. The van der Waals surface area contributed by atoms with Crippen LogP contribution in [0.15, 0.2) is 48.5 Å². The van der Waals surface area contributed by atoms with Gasteiger partial charge in [0.05, 0.1) is 4.92 Å². The highest BCUT2D eigenvalue weighted by Gasteiger charge is 2.11. The Labute approximate surface area is 134 Å².